The van der Waals surface area contributed by atoms with Crippen LogP contribution in [0.3, 0.4) is 0 Å². The van der Waals surface area contributed by atoms with Gasteiger partial charge in [-0.3, -0.25) is 4.99 Å². The second kappa shape index (κ2) is 5.48. The van der Waals surface area contributed by atoms with Crippen LogP contribution in [-0.2, 0) is 11.3 Å². The molecule has 0 radical (unpaired) electrons. The van der Waals surface area contributed by atoms with Crippen molar-refractivity contribution in [3.63, 3.8) is 0 Å². The van der Waals surface area contributed by atoms with Gasteiger partial charge in [-0.05, 0) is 45.2 Å². The zero-order valence-electron chi connectivity index (χ0n) is 10.5. The summed E-state index contributed by atoms with van der Waals surface area (Å²) in [5.41, 5.74) is 1.33. The van der Waals surface area contributed by atoms with E-state index in [1.165, 1.54) is 0 Å². The van der Waals surface area contributed by atoms with Crippen molar-refractivity contribution in [2.75, 3.05) is 0 Å². The molecular formula is C13H18N2O2. The Labute approximate surface area is 102 Å². The number of hydrogen-bond donors (Lipinski definition) is 1. The molecular weight excluding hydrogens is 216 g/mol. The molecule has 92 valence electrons. The molecule has 1 aromatic carbocycles. The quantitative estimate of drug-likeness (QED) is 0.817. The molecule has 0 spiro atoms. The lowest BCUT2D eigenvalue weighted by Crippen LogP contribution is -2.32. The van der Waals surface area contributed by atoms with Gasteiger partial charge in [0.2, 0.25) is 0 Å². The van der Waals surface area contributed by atoms with Crippen LogP contribution in [0.4, 0.5) is 10.5 Å². The third kappa shape index (κ3) is 5.15. The fraction of sp³-hybridized carbons (Fsp3) is 0.385. The second-order valence-corrected chi connectivity index (χ2v) is 4.68. The minimum atomic E-state index is -0.472. The number of nitrogens with one attached hydrogen (secondary N) is 1. The van der Waals surface area contributed by atoms with Gasteiger partial charge in [-0.25, -0.2) is 4.79 Å². The number of ether oxygens (including phenoxy) is 1. The van der Waals surface area contributed by atoms with E-state index in [2.05, 4.69) is 17.0 Å². The van der Waals surface area contributed by atoms with Crippen molar-refractivity contribution in [3.8, 4) is 0 Å². The molecule has 4 heteroatoms. The first kappa shape index (κ1) is 13.2. The summed E-state index contributed by atoms with van der Waals surface area (Å²) < 4.78 is 5.13. The Kier molecular flexibility index (Phi) is 4.26. The van der Waals surface area contributed by atoms with Gasteiger partial charge in [0, 0.05) is 6.54 Å². The Bertz CT molecular complexity index is 391. The molecule has 17 heavy (non-hydrogen) atoms. The molecule has 1 aromatic rings. The smallest absolute Gasteiger partial charge is 0.407 e. The van der Waals surface area contributed by atoms with Gasteiger partial charge in [-0.1, -0.05) is 12.1 Å². The Balaban J connectivity index is 2.44. The van der Waals surface area contributed by atoms with E-state index < -0.39 is 11.7 Å². The number of hydrogen-bond acceptors (Lipinski definition) is 3. The van der Waals surface area contributed by atoms with Gasteiger partial charge in [0.25, 0.3) is 0 Å². The molecule has 0 fully saturated rings. The number of aliphatic imine (C=N–C) groups is 1. The van der Waals surface area contributed by atoms with Crippen LogP contribution in [0.2, 0.25) is 0 Å². The highest BCUT2D eigenvalue weighted by Gasteiger charge is 2.15. The summed E-state index contributed by atoms with van der Waals surface area (Å²) in [5, 5.41) is 2.69. The van der Waals surface area contributed by atoms with Crippen LogP contribution in [0.1, 0.15) is 26.3 Å². The van der Waals surface area contributed by atoms with Crippen molar-refractivity contribution in [3.05, 3.63) is 29.8 Å². The minimum Gasteiger partial charge on any atom is -0.444 e. The first-order valence-electron chi connectivity index (χ1n) is 5.43. The molecule has 1 amide bonds. The van der Waals surface area contributed by atoms with Crippen molar-refractivity contribution < 1.29 is 9.53 Å². The highest BCUT2D eigenvalue weighted by Crippen LogP contribution is 2.12. The number of nitrogens with zero attached hydrogens (tertiary/aromatic N) is 1. The van der Waals surface area contributed by atoms with Crippen molar-refractivity contribution >= 4 is 18.5 Å². The first-order chi connectivity index (χ1) is 7.90. The lowest BCUT2D eigenvalue weighted by Gasteiger charge is -2.19. The van der Waals surface area contributed by atoms with Gasteiger partial charge in [0.1, 0.15) is 5.60 Å². The van der Waals surface area contributed by atoms with Crippen LogP contribution < -0.4 is 5.32 Å². The van der Waals surface area contributed by atoms with Gasteiger partial charge in [-0.15, -0.1) is 0 Å². The summed E-state index contributed by atoms with van der Waals surface area (Å²) >= 11 is 0. The van der Waals surface area contributed by atoms with Gasteiger partial charge >= 0.3 is 6.09 Å². The molecule has 0 saturated heterocycles. The van der Waals surface area contributed by atoms with E-state index in [0.29, 0.717) is 6.54 Å². The van der Waals surface area contributed by atoms with E-state index in [4.69, 9.17) is 4.74 Å². The topological polar surface area (TPSA) is 50.7 Å². The van der Waals surface area contributed by atoms with E-state index in [1.54, 1.807) is 0 Å². The summed E-state index contributed by atoms with van der Waals surface area (Å²) in [6, 6.07) is 7.47. The summed E-state index contributed by atoms with van der Waals surface area (Å²) in [6.45, 7) is 9.36. The Morgan fingerprint density at radius 3 is 2.41 bits per heavy atom. The number of benzene rings is 1. The molecule has 0 aliphatic rings. The van der Waals surface area contributed by atoms with Crippen LogP contribution in [0, 0.1) is 0 Å². The highest BCUT2D eigenvalue weighted by atomic mass is 16.6. The van der Waals surface area contributed by atoms with Crippen molar-refractivity contribution in [1.82, 2.24) is 5.32 Å². The zero-order chi connectivity index (χ0) is 12.9. The number of amides is 1. The first-order valence-corrected chi connectivity index (χ1v) is 5.43. The van der Waals surface area contributed by atoms with Crippen LogP contribution in [0.15, 0.2) is 29.3 Å². The largest absolute Gasteiger partial charge is 0.444 e. The molecule has 4 nitrogen and oxygen atoms in total. The highest BCUT2D eigenvalue weighted by molar-refractivity contribution is 5.67. The van der Waals surface area contributed by atoms with Gasteiger partial charge < -0.3 is 10.1 Å². The average Bonchev–Trinajstić information content (AvgIpc) is 2.25. The Morgan fingerprint density at radius 2 is 1.94 bits per heavy atom. The molecule has 1 N–H and O–H groups in total. The van der Waals surface area contributed by atoms with Gasteiger partial charge in [0.15, 0.2) is 0 Å². The van der Waals surface area contributed by atoms with Gasteiger partial charge in [0.05, 0.1) is 5.69 Å². The normalized spacial score (nSPS) is 10.8. The second-order valence-electron chi connectivity index (χ2n) is 4.68. The molecule has 0 atom stereocenters. The van der Waals surface area contributed by atoms with Crippen molar-refractivity contribution in [1.29, 1.82) is 0 Å². The minimum absolute atomic E-state index is 0.413. The van der Waals surface area contributed by atoms with E-state index in [9.17, 15) is 4.79 Å². The van der Waals surface area contributed by atoms with Crippen molar-refractivity contribution in [2.24, 2.45) is 4.99 Å². The summed E-state index contributed by atoms with van der Waals surface area (Å²) in [5.74, 6) is 0. The monoisotopic (exact) mass is 234 g/mol. The van der Waals surface area contributed by atoms with Crippen LogP contribution in [-0.4, -0.2) is 18.4 Å². The van der Waals surface area contributed by atoms with E-state index in [-0.39, 0.29) is 0 Å². The van der Waals surface area contributed by atoms with E-state index in [1.807, 2.05) is 45.0 Å². The molecule has 0 aliphatic carbocycles. The van der Waals surface area contributed by atoms with Crippen LogP contribution >= 0.6 is 0 Å². The maximum absolute atomic E-state index is 11.4. The number of carbonyl (C=O) groups excluding carboxylic acids is 1. The maximum Gasteiger partial charge on any atom is 0.407 e. The predicted octanol–water partition coefficient (Wildman–Crippen LogP) is 3.04. The van der Waals surface area contributed by atoms with Crippen molar-refractivity contribution in [2.45, 2.75) is 32.9 Å². The summed E-state index contributed by atoms with van der Waals surface area (Å²) in [6.07, 6.45) is -0.413. The summed E-state index contributed by atoms with van der Waals surface area (Å²) in [7, 11) is 0. The number of rotatable bonds is 3. The predicted molar refractivity (Wildman–Crippen MR) is 68.7 cm³/mol. The molecule has 0 saturated carbocycles. The summed E-state index contributed by atoms with van der Waals surface area (Å²) in [4.78, 5) is 15.2. The SMILES string of the molecule is C=Nc1ccc(CNC(=O)OC(C)(C)C)cc1. The van der Waals surface area contributed by atoms with Crippen LogP contribution in [0.5, 0.6) is 0 Å². The molecule has 1 rings (SSSR count). The molecule has 0 heterocycles. The lowest BCUT2D eigenvalue weighted by molar-refractivity contribution is 0.0523. The van der Waals surface area contributed by atoms with Gasteiger partial charge in [-0.2, -0.15) is 0 Å². The standard InChI is InChI=1S/C13H18N2O2/c1-13(2,3)17-12(16)15-9-10-5-7-11(14-4)8-6-10/h5-8H,4,9H2,1-3H3,(H,15,16). The van der Waals surface area contributed by atoms with Crippen LogP contribution in [0.25, 0.3) is 0 Å². The Hall–Kier alpha value is -1.84. The lowest BCUT2D eigenvalue weighted by atomic mass is 10.2. The number of carbonyl (C=O) groups is 1. The molecule has 0 bridgehead atoms. The van der Waals surface area contributed by atoms with E-state index >= 15 is 0 Å². The molecule has 0 unspecified atom stereocenters. The molecule has 0 aromatic heterocycles. The number of alkyl carbamates (subject to hydrolysis) is 1. The zero-order valence-corrected chi connectivity index (χ0v) is 10.5. The third-order valence-electron chi connectivity index (χ3n) is 1.95. The average molecular weight is 234 g/mol. The fourth-order valence-electron chi connectivity index (χ4n) is 1.21. The third-order valence-corrected chi connectivity index (χ3v) is 1.95. The van der Waals surface area contributed by atoms with E-state index in [0.717, 1.165) is 11.3 Å². The maximum atomic E-state index is 11.4. The molecule has 0 aliphatic heterocycles. The Morgan fingerprint density at radius 1 is 1.35 bits per heavy atom. The fourth-order valence-corrected chi connectivity index (χ4v) is 1.21.